The van der Waals surface area contributed by atoms with E-state index in [1.54, 1.807) is 0 Å². The third-order valence-electron chi connectivity index (χ3n) is 3.97. The molecule has 0 radical (unpaired) electrons. The highest BCUT2D eigenvalue weighted by Gasteiger charge is 2.11. The van der Waals surface area contributed by atoms with Gasteiger partial charge in [-0.2, -0.15) is 5.10 Å². The topological polar surface area (TPSA) is 30.2 Å². The van der Waals surface area contributed by atoms with Gasteiger partial charge in [-0.25, -0.2) is 9.50 Å². The van der Waals surface area contributed by atoms with Crippen molar-refractivity contribution in [1.82, 2.24) is 14.6 Å². The maximum atomic E-state index is 4.77. The molecule has 0 bridgehead atoms. The first kappa shape index (κ1) is 13.7. The maximum absolute atomic E-state index is 4.77. The summed E-state index contributed by atoms with van der Waals surface area (Å²) in [6.07, 6.45) is 0. The van der Waals surface area contributed by atoms with Crippen molar-refractivity contribution >= 4 is 5.65 Å². The molecule has 3 nitrogen and oxygen atoms in total. The van der Waals surface area contributed by atoms with Crippen LogP contribution in [0.4, 0.5) is 0 Å². The highest BCUT2D eigenvalue weighted by atomic mass is 15.3. The van der Waals surface area contributed by atoms with Gasteiger partial charge in [-0.1, -0.05) is 60.2 Å². The van der Waals surface area contributed by atoms with Crippen molar-refractivity contribution in [3.8, 4) is 22.5 Å². The van der Waals surface area contributed by atoms with Crippen molar-refractivity contribution in [2.75, 3.05) is 0 Å². The van der Waals surface area contributed by atoms with Crippen LogP contribution >= 0.6 is 0 Å². The van der Waals surface area contributed by atoms with Crippen LogP contribution in [0, 0.1) is 13.8 Å². The smallest absolute Gasteiger partial charge is 0.156 e. The van der Waals surface area contributed by atoms with Crippen LogP contribution in [0.3, 0.4) is 0 Å². The van der Waals surface area contributed by atoms with E-state index in [1.165, 1.54) is 5.56 Å². The van der Waals surface area contributed by atoms with Gasteiger partial charge in [0.05, 0.1) is 17.1 Å². The summed E-state index contributed by atoms with van der Waals surface area (Å²) in [6, 6.07) is 22.9. The Morgan fingerprint density at radius 1 is 0.783 bits per heavy atom. The lowest BCUT2D eigenvalue weighted by Crippen LogP contribution is -1.98. The molecule has 0 atom stereocenters. The zero-order valence-corrected chi connectivity index (χ0v) is 13.2. The Hall–Kier alpha value is -2.94. The van der Waals surface area contributed by atoms with Crippen molar-refractivity contribution in [2.45, 2.75) is 13.8 Å². The van der Waals surface area contributed by atoms with Gasteiger partial charge in [-0.3, -0.25) is 0 Å². The van der Waals surface area contributed by atoms with Gasteiger partial charge in [0.25, 0.3) is 0 Å². The summed E-state index contributed by atoms with van der Waals surface area (Å²) in [5.41, 5.74) is 7.37. The monoisotopic (exact) mass is 299 g/mol. The molecule has 0 spiro atoms. The van der Waals surface area contributed by atoms with Crippen molar-refractivity contribution in [3.05, 3.63) is 78.0 Å². The van der Waals surface area contributed by atoms with E-state index in [0.29, 0.717) is 0 Å². The van der Waals surface area contributed by atoms with Crippen LogP contribution < -0.4 is 0 Å². The third-order valence-corrected chi connectivity index (χ3v) is 3.97. The molecule has 0 amide bonds. The summed E-state index contributed by atoms with van der Waals surface area (Å²) in [6.45, 7) is 4.09. The summed E-state index contributed by atoms with van der Waals surface area (Å²) in [7, 11) is 0. The normalized spacial score (nSPS) is 11.0. The predicted octanol–water partition coefficient (Wildman–Crippen LogP) is 4.68. The molecule has 0 aliphatic carbocycles. The minimum atomic E-state index is 0.874. The number of rotatable bonds is 2. The fourth-order valence-corrected chi connectivity index (χ4v) is 2.78. The molecule has 0 saturated heterocycles. The number of benzene rings is 2. The molecule has 2 aromatic heterocycles. The van der Waals surface area contributed by atoms with Gasteiger partial charge in [0, 0.05) is 17.2 Å². The Balaban J connectivity index is 1.99. The van der Waals surface area contributed by atoms with Crippen LogP contribution in [-0.2, 0) is 0 Å². The first-order valence-corrected chi connectivity index (χ1v) is 7.70. The first-order chi connectivity index (χ1) is 11.2. The lowest BCUT2D eigenvalue weighted by Gasteiger charge is -2.09. The van der Waals surface area contributed by atoms with Crippen molar-refractivity contribution in [2.24, 2.45) is 0 Å². The molecule has 2 aromatic carbocycles. The van der Waals surface area contributed by atoms with Gasteiger partial charge in [-0.15, -0.1) is 0 Å². The molecule has 2 heterocycles. The standard InChI is InChI=1S/C20H17N3/c1-14-8-10-17(11-9-14)19-13-18(16-6-4-3-5-7-16)21-20-12-15(2)22-23(19)20/h3-13H,1-2H3. The van der Waals surface area contributed by atoms with E-state index >= 15 is 0 Å². The fourth-order valence-electron chi connectivity index (χ4n) is 2.78. The van der Waals surface area contributed by atoms with E-state index in [2.05, 4.69) is 54.5 Å². The lowest BCUT2D eigenvalue weighted by atomic mass is 10.1. The SMILES string of the molecule is Cc1ccc(-c2cc(-c3ccccc3)nc3cc(C)nn23)cc1. The Morgan fingerprint density at radius 2 is 1.52 bits per heavy atom. The Bertz CT molecular complexity index is 967. The van der Waals surface area contributed by atoms with E-state index in [1.807, 2.05) is 35.7 Å². The molecule has 0 saturated carbocycles. The average molecular weight is 299 g/mol. The number of hydrogen-bond acceptors (Lipinski definition) is 2. The number of fused-ring (bicyclic) bond motifs is 1. The van der Waals surface area contributed by atoms with E-state index in [-0.39, 0.29) is 0 Å². The van der Waals surface area contributed by atoms with E-state index in [0.717, 1.165) is 33.9 Å². The van der Waals surface area contributed by atoms with Crippen LogP contribution in [0.5, 0.6) is 0 Å². The zero-order valence-electron chi connectivity index (χ0n) is 13.2. The highest BCUT2D eigenvalue weighted by Crippen LogP contribution is 2.26. The maximum Gasteiger partial charge on any atom is 0.156 e. The van der Waals surface area contributed by atoms with E-state index < -0.39 is 0 Å². The Morgan fingerprint density at radius 3 is 2.26 bits per heavy atom. The second-order valence-corrected chi connectivity index (χ2v) is 5.81. The number of hydrogen-bond donors (Lipinski definition) is 0. The Labute approximate surface area is 135 Å². The highest BCUT2D eigenvalue weighted by molar-refractivity contribution is 5.71. The van der Waals surface area contributed by atoms with Crippen LogP contribution in [0.2, 0.25) is 0 Å². The minimum absolute atomic E-state index is 0.874. The molecule has 4 aromatic rings. The predicted molar refractivity (Wildman–Crippen MR) is 93.3 cm³/mol. The molecule has 112 valence electrons. The molecular formula is C20H17N3. The summed E-state index contributed by atoms with van der Waals surface area (Å²) in [5, 5.41) is 4.60. The molecule has 23 heavy (non-hydrogen) atoms. The second-order valence-electron chi connectivity index (χ2n) is 5.81. The molecule has 0 fully saturated rings. The molecule has 0 N–H and O–H groups in total. The number of nitrogens with zero attached hydrogens (tertiary/aromatic N) is 3. The summed E-state index contributed by atoms with van der Waals surface area (Å²) >= 11 is 0. The van der Waals surface area contributed by atoms with Crippen molar-refractivity contribution < 1.29 is 0 Å². The summed E-state index contributed by atoms with van der Waals surface area (Å²) in [4.78, 5) is 4.77. The zero-order chi connectivity index (χ0) is 15.8. The second kappa shape index (κ2) is 5.36. The largest absolute Gasteiger partial charge is 0.228 e. The van der Waals surface area contributed by atoms with Gasteiger partial charge in [0.15, 0.2) is 5.65 Å². The van der Waals surface area contributed by atoms with Gasteiger partial charge in [0.2, 0.25) is 0 Å². The van der Waals surface area contributed by atoms with Gasteiger partial charge in [0.1, 0.15) is 0 Å². The van der Waals surface area contributed by atoms with E-state index in [4.69, 9.17) is 4.98 Å². The summed E-state index contributed by atoms with van der Waals surface area (Å²) in [5.74, 6) is 0. The van der Waals surface area contributed by atoms with Crippen LogP contribution in [0.25, 0.3) is 28.2 Å². The minimum Gasteiger partial charge on any atom is -0.228 e. The van der Waals surface area contributed by atoms with Crippen molar-refractivity contribution in [3.63, 3.8) is 0 Å². The summed E-state index contributed by atoms with van der Waals surface area (Å²) < 4.78 is 1.92. The average Bonchev–Trinajstić information content (AvgIpc) is 2.96. The van der Waals surface area contributed by atoms with Crippen LogP contribution in [0.1, 0.15) is 11.3 Å². The number of aromatic nitrogens is 3. The van der Waals surface area contributed by atoms with Crippen LogP contribution in [-0.4, -0.2) is 14.6 Å². The number of aryl methyl sites for hydroxylation is 2. The third kappa shape index (κ3) is 2.50. The molecule has 0 aliphatic rings. The van der Waals surface area contributed by atoms with Gasteiger partial charge in [-0.05, 0) is 19.9 Å². The van der Waals surface area contributed by atoms with Gasteiger partial charge < -0.3 is 0 Å². The lowest BCUT2D eigenvalue weighted by molar-refractivity contribution is 0.926. The Kier molecular flexibility index (Phi) is 3.19. The molecule has 0 aliphatic heterocycles. The van der Waals surface area contributed by atoms with Gasteiger partial charge >= 0.3 is 0 Å². The molecule has 3 heteroatoms. The first-order valence-electron chi connectivity index (χ1n) is 7.70. The molecule has 4 rings (SSSR count). The fraction of sp³-hybridized carbons (Fsp3) is 0.100. The molecular weight excluding hydrogens is 282 g/mol. The van der Waals surface area contributed by atoms with Crippen LogP contribution in [0.15, 0.2) is 66.7 Å². The van der Waals surface area contributed by atoms with Crippen molar-refractivity contribution in [1.29, 1.82) is 0 Å². The molecule has 0 unspecified atom stereocenters. The van der Waals surface area contributed by atoms with E-state index in [9.17, 15) is 0 Å². The quantitative estimate of drug-likeness (QED) is 0.538.